The van der Waals surface area contributed by atoms with E-state index in [-0.39, 0.29) is 13.2 Å². The van der Waals surface area contributed by atoms with Crippen molar-refractivity contribution in [3.05, 3.63) is 23.2 Å². The molecule has 5 nitrogen and oxygen atoms in total. The Balaban J connectivity index is 2.06. The number of benzene rings is 1. The minimum atomic E-state index is -3.48. The van der Waals surface area contributed by atoms with Gasteiger partial charge in [0, 0.05) is 0 Å². The summed E-state index contributed by atoms with van der Waals surface area (Å²) < 4.78 is 37.2. The molecule has 0 aliphatic carbocycles. The molecule has 0 amide bonds. The van der Waals surface area contributed by atoms with E-state index in [2.05, 4.69) is 4.18 Å². The first-order chi connectivity index (χ1) is 7.96. The summed E-state index contributed by atoms with van der Waals surface area (Å²) in [5.74, 6) is 0.968. The molecular weight excluding hydrogens is 268 g/mol. The van der Waals surface area contributed by atoms with Crippen molar-refractivity contribution in [2.24, 2.45) is 0 Å². The molecule has 1 heterocycles. The van der Waals surface area contributed by atoms with Gasteiger partial charge in [-0.1, -0.05) is 17.7 Å². The molecule has 1 aliphatic rings. The monoisotopic (exact) mass is 278 g/mol. The molecule has 0 spiro atoms. The lowest BCUT2D eigenvalue weighted by atomic mass is 10.2. The Labute approximate surface area is 104 Å². The highest BCUT2D eigenvalue weighted by Crippen LogP contribution is 2.38. The molecule has 0 unspecified atom stereocenters. The average molecular weight is 279 g/mol. The lowest BCUT2D eigenvalue weighted by molar-refractivity contribution is 0.0559. The summed E-state index contributed by atoms with van der Waals surface area (Å²) in [6.45, 7) is 0.131. The normalized spacial score (nSPS) is 19.1. The number of rotatable bonds is 3. The van der Waals surface area contributed by atoms with E-state index in [0.29, 0.717) is 16.5 Å². The van der Waals surface area contributed by atoms with Crippen molar-refractivity contribution in [3.63, 3.8) is 0 Å². The molecule has 0 fully saturated rings. The summed E-state index contributed by atoms with van der Waals surface area (Å²) in [6.07, 6.45) is 0.495. The summed E-state index contributed by atoms with van der Waals surface area (Å²) in [7, 11) is -3.48. The standard InChI is InChI=1S/C10H11ClO5S/c1-17(12,13)15-6-7-5-14-9-4-2-3-8(11)10(9)16-7/h2-4,7H,5-6H2,1H3/t7-/m1/s1. The number of hydrogen-bond donors (Lipinski definition) is 0. The minimum absolute atomic E-state index is 0.0938. The van der Waals surface area contributed by atoms with Crippen molar-refractivity contribution in [3.8, 4) is 11.5 Å². The Bertz CT molecular complexity index is 513. The number of ether oxygens (including phenoxy) is 2. The number of para-hydroxylation sites is 1. The van der Waals surface area contributed by atoms with Crippen LogP contribution in [0.1, 0.15) is 0 Å². The highest BCUT2D eigenvalue weighted by molar-refractivity contribution is 7.85. The molecule has 17 heavy (non-hydrogen) atoms. The van der Waals surface area contributed by atoms with Gasteiger partial charge in [-0.3, -0.25) is 4.18 Å². The van der Waals surface area contributed by atoms with Gasteiger partial charge in [0.15, 0.2) is 17.6 Å². The van der Waals surface area contributed by atoms with E-state index in [4.69, 9.17) is 21.1 Å². The smallest absolute Gasteiger partial charge is 0.264 e. The van der Waals surface area contributed by atoms with Crippen LogP contribution in [0.15, 0.2) is 18.2 Å². The molecule has 0 bridgehead atoms. The van der Waals surface area contributed by atoms with Crippen LogP contribution in [0.3, 0.4) is 0 Å². The molecule has 1 aromatic carbocycles. The zero-order chi connectivity index (χ0) is 12.5. The first-order valence-electron chi connectivity index (χ1n) is 4.88. The molecule has 0 aromatic heterocycles. The Morgan fingerprint density at radius 1 is 1.53 bits per heavy atom. The Morgan fingerprint density at radius 2 is 2.29 bits per heavy atom. The Kier molecular flexibility index (Phi) is 3.46. The van der Waals surface area contributed by atoms with Crippen LogP contribution >= 0.6 is 11.6 Å². The summed E-state index contributed by atoms with van der Waals surface area (Å²) in [5, 5.41) is 0.423. The van der Waals surface area contributed by atoms with Crippen molar-refractivity contribution in [1.82, 2.24) is 0 Å². The maximum atomic E-state index is 10.8. The van der Waals surface area contributed by atoms with Crippen molar-refractivity contribution >= 4 is 21.7 Å². The van der Waals surface area contributed by atoms with Crippen LogP contribution in [0.4, 0.5) is 0 Å². The Morgan fingerprint density at radius 3 is 3.00 bits per heavy atom. The molecule has 2 rings (SSSR count). The van der Waals surface area contributed by atoms with E-state index in [1.807, 2.05) is 0 Å². The van der Waals surface area contributed by atoms with E-state index < -0.39 is 16.2 Å². The third kappa shape index (κ3) is 3.24. The summed E-state index contributed by atoms with van der Waals surface area (Å²) in [6, 6.07) is 5.15. The van der Waals surface area contributed by atoms with Gasteiger partial charge in [0.2, 0.25) is 0 Å². The molecule has 1 atom stereocenters. The van der Waals surface area contributed by atoms with Gasteiger partial charge in [0.1, 0.15) is 13.2 Å². The zero-order valence-corrected chi connectivity index (χ0v) is 10.6. The quantitative estimate of drug-likeness (QED) is 0.783. The van der Waals surface area contributed by atoms with E-state index in [9.17, 15) is 8.42 Å². The maximum Gasteiger partial charge on any atom is 0.264 e. The first kappa shape index (κ1) is 12.5. The summed E-state index contributed by atoms with van der Waals surface area (Å²) in [4.78, 5) is 0. The van der Waals surface area contributed by atoms with E-state index >= 15 is 0 Å². The van der Waals surface area contributed by atoms with Crippen LogP contribution in [-0.2, 0) is 14.3 Å². The van der Waals surface area contributed by atoms with Gasteiger partial charge in [0.25, 0.3) is 10.1 Å². The molecule has 1 aliphatic heterocycles. The lowest BCUT2D eigenvalue weighted by Gasteiger charge is -2.26. The van der Waals surface area contributed by atoms with E-state index in [1.54, 1.807) is 18.2 Å². The van der Waals surface area contributed by atoms with Crippen molar-refractivity contribution in [1.29, 1.82) is 0 Å². The van der Waals surface area contributed by atoms with Gasteiger partial charge in [-0.25, -0.2) is 0 Å². The molecule has 0 N–H and O–H groups in total. The fourth-order valence-corrected chi connectivity index (χ4v) is 1.99. The second-order valence-electron chi connectivity index (χ2n) is 3.61. The predicted molar refractivity (Wildman–Crippen MR) is 62.2 cm³/mol. The molecule has 0 saturated heterocycles. The predicted octanol–water partition coefficient (Wildman–Crippen LogP) is 1.46. The van der Waals surface area contributed by atoms with Crippen LogP contribution in [0.25, 0.3) is 0 Å². The fourth-order valence-electron chi connectivity index (χ4n) is 1.38. The van der Waals surface area contributed by atoms with Crippen LogP contribution in [0.5, 0.6) is 11.5 Å². The molecule has 0 saturated carbocycles. The first-order valence-corrected chi connectivity index (χ1v) is 7.07. The van der Waals surface area contributed by atoms with Gasteiger partial charge in [-0.05, 0) is 12.1 Å². The molecular formula is C10H11ClO5S. The van der Waals surface area contributed by atoms with Gasteiger partial charge in [0.05, 0.1) is 11.3 Å². The SMILES string of the molecule is CS(=O)(=O)OC[C@H]1COc2cccc(Cl)c2O1. The van der Waals surface area contributed by atoms with E-state index in [0.717, 1.165) is 6.26 Å². The van der Waals surface area contributed by atoms with Crippen LogP contribution < -0.4 is 9.47 Å². The van der Waals surface area contributed by atoms with Gasteiger partial charge in [-0.2, -0.15) is 8.42 Å². The summed E-state index contributed by atoms with van der Waals surface area (Å²) >= 11 is 5.93. The molecule has 0 radical (unpaired) electrons. The number of fused-ring (bicyclic) bond motifs is 1. The fraction of sp³-hybridized carbons (Fsp3) is 0.400. The third-order valence-electron chi connectivity index (χ3n) is 2.11. The van der Waals surface area contributed by atoms with Crippen molar-refractivity contribution < 1.29 is 22.1 Å². The van der Waals surface area contributed by atoms with Crippen LogP contribution in [0, 0.1) is 0 Å². The van der Waals surface area contributed by atoms with Crippen LogP contribution in [0.2, 0.25) is 5.02 Å². The second-order valence-corrected chi connectivity index (χ2v) is 5.66. The third-order valence-corrected chi connectivity index (χ3v) is 2.97. The highest BCUT2D eigenvalue weighted by atomic mass is 35.5. The number of hydrogen-bond acceptors (Lipinski definition) is 5. The average Bonchev–Trinajstić information content (AvgIpc) is 2.26. The minimum Gasteiger partial charge on any atom is -0.486 e. The van der Waals surface area contributed by atoms with Gasteiger partial charge >= 0.3 is 0 Å². The molecule has 94 valence electrons. The molecule has 7 heteroatoms. The van der Waals surface area contributed by atoms with E-state index in [1.165, 1.54) is 0 Å². The second kappa shape index (κ2) is 4.72. The molecule has 1 aromatic rings. The lowest BCUT2D eigenvalue weighted by Crippen LogP contribution is -2.34. The Hall–Kier alpha value is -0.980. The largest absolute Gasteiger partial charge is 0.486 e. The maximum absolute atomic E-state index is 10.8. The highest BCUT2D eigenvalue weighted by Gasteiger charge is 2.24. The van der Waals surface area contributed by atoms with Gasteiger partial charge < -0.3 is 9.47 Å². The zero-order valence-electron chi connectivity index (χ0n) is 9.05. The number of halogens is 1. The summed E-state index contributed by atoms with van der Waals surface area (Å²) in [5.41, 5.74) is 0. The van der Waals surface area contributed by atoms with Gasteiger partial charge in [-0.15, -0.1) is 0 Å². The topological polar surface area (TPSA) is 61.8 Å². The van der Waals surface area contributed by atoms with Crippen molar-refractivity contribution in [2.45, 2.75) is 6.10 Å². The van der Waals surface area contributed by atoms with Crippen LogP contribution in [-0.4, -0.2) is 34.0 Å². The van der Waals surface area contributed by atoms with Crippen molar-refractivity contribution in [2.75, 3.05) is 19.5 Å².